The Morgan fingerprint density at radius 1 is 1.29 bits per heavy atom. The Kier molecular flexibility index (Phi) is 4.30. The fourth-order valence-corrected chi connectivity index (χ4v) is 7.36. The normalized spacial score (nSPS) is 52.5. The van der Waals surface area contributed by atoms with E-state index < -0.39 is 47.2 Å². The van der Waals surface area contributed by atoms with Gasteiger partial charge in [0, 0.05) is 17.3 Å². The van der Waals surface area contributed by atoms with Gasteiger partial charge in [0.2, 0.25) is 0 Å². The number of aliphatic hydroxyl groups excluding tert-OH is 2. The molecule has 4 aliphatic carbocycles. The fraction of sp³-hybridized carbons (Fsp3) is 0.727. The molecule has 9 atom stereocenters. The monoisotopic (exact) mass is 394 g/mol. The van der Waals surface area contributed by atoms with Crippen molar-refractivity contribution < 1.29 is 28.6 Å². The molecule has 0 heterocycles. The van der Waals surface area contributed by atoms with Gasteiger partial charge in [-0.25, -0.2) is 8.78 Å². The van der Waals surface area contributed by atoms with E-state index in [1.807, 2.05) is 13.8 Å². The van der Waals surface area contributed by atoms with Crippen LogP contribution in [0.1, 0.15) is 40.0 Å². The van der Waals surface area contributed by atoms with Gasteiger partial charge >= 0.3 is 0 Å². The van der Waals surface area contributed by atoms with Crippen molar-refractivity contribution in [2.45, 2.75) is 58.0 Å². The fourth-order valence-electron chi connectivity index (χ4n) is 7.36. The third-order valence-corrected chi connectivity index (χ3v) is 8.47. The van der Waals surface area contributed by atoms with Crippen LogP contribution in [-0.4, -0.2) is 46.3 Å². The van der Waals surface area contributed by atoms with Crippen molar-refractivity contribution in [3.05, 3.63) is 23.8 Å². The lowest BCUT2D eigenvalue weighted by atomic mass is 9.45. The molecule has 4 aliphatic rings. The van der Waals surface area contributed by atoms with Crippen molar-refractivity contribution in [2.24, 2.45) is 34.5 Å². The Bertz CT molecular complexity index is 791. The molecule has 0 bridgehead atoms. The van der Waals surface area contributed by atoms with Crippen LogP contribution in [0.15, 0.2) is 23.8 Å². The summed E-state index contributed by atoms with van der Waals surface area (Å²) in [5.74, 6) is -2.26. The van der Waals surface area contributed by atoms with Crippen LogP contribution >= 0.6 is 0 Å². The highest BCUT2D eigenvalue weighted by atomic mass is 19.1. The highest BCUT2D eigenvalue weighted by molar-refractivity contribution is 6.01. The molecular weight excluding hydrogens is 366 g/mol. The number of alkyl halides is 2. The van der Waals surface area contributed by atoms with Crippen LogP contribution in [0.3, 0.4) is 0 Å². The number of fused-ring (bicyclic) bond motifs is 5. The lowest BCUT2D eigenvalue weighted by molar-refractivity contribution is -0.202. The van der Waals surface area contributed by atoms with E-state index in [1.54, 1.807) is 6.92 Å². The zero-order valence-electron chi connectivity index (χ0n) is 16.5. The maximum absolute atomic E-state index is 16.8. The summed E-state index contributed by atoms with van der Waals surface area (Å²) in [6, 6.07) is 0. The molecule has 4 nitrogen and oxygen atoms in total. The Balaban J connectivity index is 1.84. The number of carbonyl (C=O) groups excluding carboxylic acids is 2. The molecule has 0 aromatic heterocycles. The Labute approximate surface area is 163 Å². The van der Waals surface area contributed by atoms with Crippen molar-refractivity contribution in [3.8, 4) is 0 Å². The first-order chi connectivity index (χ1) is 13.0. The van der Waals surface area contributed by atoms with Gasteiger partial charge < -0.3 is 10.2 Å². The summed E-state index contributed by atoms with van der Waals surface area (Å²) >= 11 is 0. The average molecular weight is 394 g/mol. The second-order valence-electron chi connectivity index (χ2n) is 9.76. The molecule has 0 aromatic carbocycles. The van der Waals surface area contributed by atoms with E-state index in [2.05, 4.69) is 0 Å². The highest BCUT2D eigenvalue weighted by Crippen LogP contribution is 2.70. The molecule has 0 aromatic rings. The van der Waals surface area contributed by atoms with Crippen LogP contribution in [0.5, 0.6) is 0 Å². The van der Waals surface area contributed by atoms with Crippen LogP contribution in [-0.2, 0) is 9.59 Å². The molecule has 0 saturated heterocycles. The summed E-state index contributed by atoms with van der Waals surface area (Å²) in [7, 11) is 0. The van der Waals surface area contributed by atoms with Gasteiger partial charge in [-0.15, -0.1) is 0 Å². The first kappa shape index (κ1) is 19.9. The van der Waals surface area contributed by atoms with Gasteiger partial charge in [0.15, 0.2) is 17.2 Å². The number of aliphatic hydroxyl groups is 2. The molecule has 154 valence electrons. The molecule has 4 rings (SSSR count). The van der Waals surface area contributed by atoms with E-state index in [1.165, 1.54) is 18.2 Å². The zero-order chi connectivity index (χ0) is 20.6. The molecule has 2 N–H and O–H groups in total. The van der Waals surface area contributed by atoms with Gasteiger partial charge in [0.05, 0.1) is 6.10 Å². The molecule has 0 aliphatic heterocycles. The zero-order valence-corrected chi connectivity index (χ0v) is 16.5. The summed E-state index contributed by atoms with van der Waals surface area (Å²) < 4.78 is 32.0. The topological polar surface area (TPSA) is 74.6 Å². The largest absolute Gasteiger partial charge is 0.390 e. The minimum atomic E-state index is -2.11. The molecule has 3 fully saturated rings. The maximum atomic E-state index is 16.8. The van der Waals surface area contributed by atoms with Gasteiger partial charge in [-0.05, 0) is 61.2 Å². The molecule has 3 saturated carbocycles. The second kappa shape index (κ2) is 6.05. The second-order valence-corrected chi connectivity index (χ2v) is 9.76. The number of allylic oxidation sites excluding steroid dienone is 4. The Morgan fingerprint density at radius 2 is 1.96 bits per heavy atom. The van der Waals surface area contributed by atoms with Crippen LogP contribution in [0, 0.1) is 34.5 Å². The van der Waals surface area contributed by atoms with E-state index in [0.717, 1.165) is 0 Å². The van der Waals surface area contributed by atoms with E-state index in [0.29, 0.717) is 6.42 Å². The van der Waals surface area contributed by atoms with Gasteiger partial charge in [-0.2, -0.15) is 0 Å². The van der Waals surface area contributed by atoms with E-state index >= 15 is 8.78 Å². The standard InChI is InChI=1S/C22H28F2O4/c1-11-6-13-14-8-16(23)15-7-12(26)4-5-21(15,3)22(14,24)18(28)9-20(13,2)19(11)17(27)10-25/h4-5,7,11,13-14,16,18-19,25,28H,6,8-10H2,1-3H3/t11-,13-,14-,16+,18+,19+,20-,21-,22-/m0/s1. The predicted octanol–water partition coefficient (Wildman–Crippen LogP) is 2.73. The van der Waals surface area contributed by atoms with Crippen molar-refractivity contribution in [2.75, 3.05) is 6.61 Å². The number of ketones is 2. The van der Waals surface area contributed by atoms with Gasteiger partial charge in [0.1, 0.15) is 12.8 Å². The number of hydrogen-bond acceptors (Lipinski definition) is 4. The van der Waals surface area contributed by atoms with Crippen LogP contribution < -0.4 is 0 Å². The summed E-state index contributed by atoms with van der Waals surface area (Å²) in [6.07, 6.45) is 1.52. The van der Waals surface area contributed by atoms with Crippen LogP contribution in [0.25, 0.3) is 0 Å². The third-order valence-electron chi connectivity index (χ3n) is 8.47. The van der Waals surface area contributed by atoms with E-state index in [4.69, 9.17) is 0 Å². The molecular formula is C22H28F2O4. The van der Waals surface area contributed by atoms with E-state index in [-0.39, 0.29) is 41.8 Å². The molecule has 28 heavy (non-hydrogen) atoms. The van der Waals surface area contributed by atoms with Crippen molar-refractivity contribution >= 4 is 11.6 Å². The summed E-state index contributed by atoms with van der Waals surface area (Å²) in [5, 5.41) is 20.5. The van der Waals surface area contributed by atoms with Gasteiger partial charge in [-0.3, -0.25) is 9.59 Å². The summed E-state index contributed by atoms with van der Waals surface area (Å²) in [5.41, 5.74) is -4.09. The highest BCUT2D eigenvalue weighted by Gasteiger charge is 2.73. The lowest BCUT2D eigenvalue weighted by Gasteiger charge is -2.62. The first-order valence-corrected chi connectivity index (χ1v) is 10.1. The number of carbonyl (C=O) groups is 2. The minimum Gasteiger partial charge on any atom is -0.390 e. The average Bonchev–Trinajstić information content (AvgIpc) is 2.89. The maximum Gasteiger partial charge on any atom is 0.178 e. The Morgan fingerprint density at radius 3 is 2.61 bits per heavy atom. The number of hydrogen-bond donors (Lipinski definition) is 2. The SMILES string of the molecule is C[C@H]1C[C@H]2[C@@H]3C[C@@H](F)C4=CC(=O)C=C[C@]4(C)[C@@]3(F)[C@H](O)C[C@]2(C)[C@H]1C(=O)CO. The molecule has 0 spiro atoms. The molecule has 6 heteroatoms. The summed E-state index contributed by atoms with van der Waals surface area (Å²) in [6.45, 7) is 4.78. The van der Waals surface area contributed by atoms with Crippen molar-refractivity contribution in [3.63, 3.8) is 0 Å². The number of rotatable bonds is 2. The predicted molar refractivity (Wildman–Crippen MR) is 98.8 cm³/mol. The quantitative estimate of drug-likeness (QED) is 0.755. The van der Waals surface area contributed by atoms with Gasteiger partial charge in [-0.1, -0.05) is 19.9 Å². The van der Waals surface area contributed by atoms with Gasteiger partial charge in [0.25, 0.3) is 0 Å². The molecule has 0 amide bonds. The van der Waals surface area contributed by atoms with E-state index in [9.17, 15) is 19.8 Å². The number of Topliss-reactive ketones (excluding diaryl/α,β-unsaturated/α-hetero) is 1. The smallest absolute Gasteiger partial charge is 0.178 e. The van der Waals surface area contributed by atoms with Crippen molar-refractivity contribution in [1.82, 2.24) is 0 Å². The first-order valence-electron chi connectivity index (χ1n) is 10.1. The third kappa shape index (κ3) is 2.22. The summed E-state index contributed by atoms with van der Waals surface area (Å²) in [4.78, 5) is 24.3. The lowest BCUT2D eigenvalue weighted by Crippen LogP contribution is -2.68. The molecule has 0 radical (unpaired) electrons. The van der Waals surface area contributed by atoms with Crippen LogP contribution in [0.4, 0.5) is 8.78 Å². The Hall–Kier alpha value is -1.40. The number of halogens is 2. The van der Waals surface area contributed by atoms with Crippen LogP contribution in [0.2, 0.25) is 0 Å². The van der Waals surface area contributed by atoms with Crippen molar-refractivity contribution in [1.29, 1.82) is 0 Å². The minimum absolute atomic E-state index is 0.0736. The molecule has 0 unspecified atom stereocenters.